The lowest BCUT2D eigenvalue weighted by Crippen LogP contribution is -2.58. The van der Waals surface area contributed by atoms with Crippen molar-refractivity contribution in [3.8, 4) is 0 Å². The Hall–Kier alpha value is -1.79. The number of urea groups is 1. The fourth-order valence-electron chi connectivity index (χ4n) is 2.46. The third-order valence-corrected chi connectivity index (χ3v) is 3.76. The van der Waals surface area contributed by atoms with E-state index in [2.05, 4.69) is 10.6 Å². The number of hydrogen-bond donors (Lipinski definition) is 3. The maximum Gasteiger partial charge on any atom is 0.329 e. The molecule has 1 fully saturated rings. The van der Waals surface area contributed by atoms with E-state index in [-0.39, 0.29) is 12.5 Å². The van der Waals surface area contributed by atoms with Gasteiger partial charge in [0.25, 0.3) is 0 Å². The average molecular weight is 299 g/mol. The minimum atomic E-state index is -1.19. The van der Waals surface area contributed by atoms with Crippen molar-refractivity contribution in [3.63, 3.8) is 0 Å². The molecular weight excluding hydrogens is 274 g/mol. The lowest BCUT2D eigenvalue weighted by molar-refractivity contribution is -0.145. The molecule has 7 heteroatoms. The number of nitrogens with one attached hydrogen (secondary N) is 2. The summed E-state index contributed by atoms with van der Waals surface area (Å²) in [6, 6.07) is -0.522. The third kappa shape index (κ3) is 4.91. The minimum Gasteiger partial charge on any atom is -0.480 e. The van der Waals surface area contributed by atoms with E-state index in [9.17, 15) is 19.5 Å². The lowest BCUT2D eigenvalue weighted by atomic mass is 9.82. The van der Waals surface area contributed by atoms with E-state index in [4.69, 9.17) is 0 Å². The summed E-state index contributed by atoms with van der Waals surface area (Å²) in [5, 5.41) is 14.7. The second kappa shape index (κ2) is 7.85. The molecule has 7 nitrogen and oxygen atoms in total. The van der Waals surface area contributed by atoms with Gasteiger partial charge in [0.05, 0.1) is 0 Å². The summed E-state index contributed by atoms with van der Waals surface area (Å²) in [6.07, 6.45) is 4.25. The summed E-state index contributed by atoms with van der Waals surface area (Å²) in [6.45, 7) is 2.42. The Labute approximate surface area is 125 Å². The zero-order valence-corrected chi connectivity index (χ0v) is 12.8. The van der Waals surface area contributed by atoms with Crippen LogP contribution in [0.3, 0.4) is 0 Å². The van der Waals surface area contributed by atoms with Crippen LogP contribution in [-0.2, 0) is 9.59 Å². The first-order valence-electron chi connectivity index (χ1n) is 7.44. The van der Waals surface area contributed by atoms with Gasteiger partial charge in [-0.25, -0.2) is 9.59 Å². The van der Waals surface area contributed by atoms with Crippen LogP contribution >= 0.6 is 0 Å². The quantitative estimate of drug-likeness (QED) is 0.679. The predicted octanol–water partition coefficient (Wildman–Crippen LogP) is 0.941. The lowest BCUT2D eigenvalue weighted by Gasteiger charge is -2.35. The molecular formula is C14H25N3O4. The monoisotopic (exact) mass is 299 g/mol. The first-order chi connectivity index (χ1) is 9.91. The number of nitrogens with zero attached hydrogens (tertiary/aromatic N) is 1. The largest absolute Gasteiger partial charge is 0.480 e. The summed E-state index contributed by atoms with van der Waals surface area (Å²) in [5.74, 6) is -1.25. The van der Waals surface area contributed by atoms with Gasteiger partial charge in [-0.05, 0) is 19.3 Å². The van der Waals surface area contributed by atoms with Crippen molar-refractivity contribution in [2.24, 2.45) is 0 Å². The van der Waals surface area contributed by atoms with Crippen molar-refractivity contribution < 1.29 is 19.5 Å². The second-order valence-electron chi connectivity index (χ2n) is 5.58. The molecule has 0 aromatic carbocycles. The molecule has 0 bridgehead atoms. The molecule has 0 aliphatic heterocycles. The molecule has 1 saturated carbocycles. The molecule has 0 spiro atoms. The molecule has 1 aliphatic carbocycles. The van der Waals surface area contributed by atoms with Crippen LogP contribution in [0.2, 0.25) is 0 Å². The molecule has 0 aromatic rings. The highest BCUT2D eigenvalue weighted by Gasteiger charge is 2.41. The summed E-state index contributed by atoms with van der Waals surface area (Å²) >= 11 is 0. The molecule has 3 amide bonds. The van der Waals surface area contributed by atoms with E-state index in [0.717, 1.165) is 25.7 Å². The normalized spacial score (nSPS) is 16.9. The van der Waals surface area contributed by atoms with Crippen molar-refractivity contribution in [1.29, 1.82) is 0 Å². The van der Waals surface area contributed by atoms with Crippen LogP contribution in [0, 0.1) is 0 Å². The molecule has 1 rings (SSSR count). The number of amides is 3. The highest BCUT2D eigenvalue weighted by atomic mass is 16.4. The Morgan fingerprint density at radius 1 is 1.19 bits per heavy atom. The van der Waals surface area contributed by atoms with E-state index in [0.29, 0.717) is 19.4 Å². The molecule has 21 heavy (non-hydrogen) atoms. The topological polar surface area (TPSA) is 98.7 Å². The van der Waals surface area contributed by atoms with Crippen molar-refractivity contribution in [3.05, 3.63) is 0 Å². The Bertz CT molecular complexity index is 392. The van der Waals surface area contributed by atoms with Crippen LogP contribution in [0.25, 0.3) is 0 Å². The van der Waals surface area contributed by atoms with Gasteiger partial charge in [-0.3, -0.25) is 4.79 Å². The van der Waals surface area contributed by atoms with Crippen LogP contribution < -0.4 is 10.6 Å². The van der Waals surface area contributed by atoms with Crippen molar-refractivity contribution >= 4 is 17.9 Å². The zero-order valence-electron chi connectivity index (χ0n) is 12.8. The van der Waals surface area contributed by atoms with Crippen molar-refractivity contribution in [2.45, 2.75) is 51.0 Å². The number of aliphatic carboxylic acids is 1. The standard InChI is InChI=1S/C14H25N3O4/c1-3-9-15-11(18)10-17(2)13(21)16-14(12(19)20)7-5-4-6-8-14/h3-10H2,1-2H3,(H,15,18)(H,16,21)(H,19,20). The maximum absolute atomic E-state index is 12.1. The molecule has 0 radical (unpaired) electrons. The number of carboxylic acids is 1. The predicted molar refractivity (Wildman–Crippen MR) is 77.9 cm³/mol. The summed E-state index contributed by atoms with van der Waals surface area (Å²) in [4.78, 5) is 36.4. The number of carboxylic acid groups (broad SMARTS) is 1. The van der Waals surface area contributed by atoms with E-state index >= 15 is 0 Å². The van der Waals surface area contributed by atoms with Crippen LogP contribution in [0.5, 0.6) is 0 Å². The van der Waals surface area contributed by atoms with Gasteiger partial charge in [0, 0.05) is 13.6 Å². The SMILES string of the molecule is CCCNC(=O)CN(C)C(=O)NC1(C(=O)O)CCCCC1. The highest BCUT2D eigenvalue weighted by Crippen LogP contribution is 2.28. The summed E-state index contributed by atoms with van der Waals surface area (Å²) < 4.78 is 0. The van der Waals surface area contributed by atoms with E-state index in [1.165, 1.54) is 11.9 Å². The number of carbonyl (C=O) groups excluding carboxylic acids is 2. The van der Waals surface area contributed by atoms with E-state index in [1.807, 2.05) is 6.92 Å². The zero-order chi connectivity index (χ0) is 15.9. The van der Waals surface area contributed by atoms with Gasteiger partial charge in [0.1, 0.15) is 12.1 Å². The number of hydrogen-bond acceptors (Lipinski definition) is 3. The van der Waals surface area contributed by atoms with Gasteiger partial charge in [-0.2, -0.15) is 0 Å². The smallest absolute Gasteiger partial charge is 0.329 e. The molecule has 1 aliphatic rings. The van der Waals surface area contributed by atoms with Crippen molar-refractivity contribution in [1.82, 2.24) is 15.5 Å². The van der Waals surface area contributed by atoms with Crippen molar-refractivity contribution in [2.75, 3.05) is 20.1 Å². The van der Waals surface area contributed by atoms with E-state index < -0.39 is 17.5 Å². The molecule has 3 N–H and O–H groups in total. The third-order valence-electron chi connectivity index (χ3n) is 3.76. The molecule has 0 saturated heterocycles. The summed E-state index contributed by atoms with van der Waals surface area (Å²) in [5.41, 5.74) is -1.19. The van der Waals surface area contributed by atoms with Gasteiger partial charge < -0.3 is 20.6 Å². The molecule has 120 valence electrons. The maximum atomic E-state index is 12.1. The highest BCUT2D eigenvalue weighted by molar-refractivity contribution is 5.88. The van der Waals surface area contributed by atoms with Gasteiger partial charge in [0.2, 0.25) is 5.91 Å². The molecule has 0 heterocycles. The fourth-order valence-corrected chi connectivity index (χ4v) is 2.46. The number of likely N-dealkylation sites (N-methyl/N-ethyl adjacent to an activating group) is 1. The van der Waals surface area contributed by atoms with Crippen LogP contribution in [0.15, 0.2) is 0 Å². The van der Waals surface area contributed by atoms with Crippen LogP contribution in [-0.4, -0.2) is 53.6 Å². The fraction of sp³-hybridized carbons (Fsp3) is 0.786. The number of rotatable bonds is 6. The minimum absolute atomic E-state index is 0.0818. The van der Waals surface area contributed by atoms with Gasteiger partial charge >= 0.3 is 12.0 Å². The van der Waals surface area contributed by atoms with Crippen LogP contribution in [0.1, 0.15) is 45.4 Å². The second-order valence-corrected chi connectivity index (χ2v) is 5.58. The molecule has 0 atom stereocenters. The van der Waals surface area contributed by atoms with Gasteiger partial charge in [-0.1, -0.05) is 26.2 Å². The molecule has 0 unspecified atom stereocenters. The van der Waals surface area contributed by atoms with E-state index in [1.54, 1.807) is 0 Å². The average Bonchev–Trinajstić information content (AvgIpc) is 2.45. The summed E-state index contributed by atoms with van der Waals surface area (Å²) in [7, 11) is 1.49. The van der Waals surface area contributed by atoms with Gasteiger partial charge in [-0.15, -0.1) is 0 Å². The van der Waals surface area contributed by atoms with Crippen LogP contribution in [0.4, 0.5) is 4.79 Å². The Kier molecular flexibility index (Phi) is 6.45. The first kappa shape index (κ1) is 17.3. The Morgan fingerprint density at radius 3 is 2.33 bits per heavy atom. The van der Waals surface area contributed by atoms with Gasteiger partial charge in [0.15, 0.2) is 0 Å². The Morgan fingerprint density at radius 2 is 1.81 bits per heavy atom. The molecule has 0 aromatic heterocycles. The Balaban J connectivity index is 2.57. The first-order valence-corrected chi connectivity index (χ1v) is 7.44. The number of carbonyl (C=O) groups is 3.